The molecule has 6 nitrogen and oxygen atoms in total. The first-order valence-corrected chi connectivity index (χ1v) is 10.5. The van der Waals surface area contributed by atoms with Crippen molar-refractivity contribution in [2.45, 2.75) is 18.4 Å². The van der Waals surface area contributed by atoms with Gasteiger partial charge in [0.05, 0.1) is 12.2 Å². The summed E-state index contributed by atoms with van der Waals surface area (Å²) in [4.78, 5) is 0.0409. The normalized spacial score (nSPS) is 11.7. The number of nitrogens with zero attached hydrogens (tertiary/aromatic N) is 4. The van der Waals surface area contributed by atoms with Crippen molar-refractivity contribution in [3.8, 4) is 0 Å². The summed E-state index contributed by atoms with van der Waals surface area (Å²) >= 11 is 5.96. The molecule has 2 heterocycles. The Morgan fingerprint density at radius 2 is 1.76 bits per heavy atom. The van der Waals surface area contributed by atoms with E-state index in [2.05, 4.69) is 10.2 Å². The van der Waals surface area contributed by atoms with E-state index in [4.69, 9.17) is 11.6 Å². The summed E-state index contributed by atoms with van der Waals surface area (Å²) in [6.07, 6.45) is 1.46. The van der Waals surface area contributed by atoms with Gasteiger partial charge in [-0.2, -0.15) is 0 Å². The molecule has 0 unspecified atom stereocenters. The summed E-state index contributed by atoms with van der Waals surface area (Å²) in [5.41, 5.74) is 1.17. The quantitative estimate of drug-likeness (QED) is 0.475. The Labute approximate surface area is 172 Å². The van der Waals surface area contributed by atoms with Gasteiger partial charge < -0.3 is 0 Å². The Morgan fingerprint density at radius 1 is 1.03 bits per heavy atom. The average molecular weight is 431 g/mol. The molecule has 0 saturated carbocycles. The predicted octanol–water partition coefficient (Wildman–Crippen LogP) is 4.23. The summed E-state index contributed by atoms with van der Waals surface area (Å²) in [7, 11) is -4.02. The summed E-state index contributed by atoms with van der Waals surface area (Å²) in [6, 6.07) is 15.5. The highest BCUT2D eigenvalue weighted by atomic mass is 35.5. The van der Waals surface area contributed by atoms with Gasteiger partial charge in [-0.3, -0.25) is 8.71 Å². The Morgan fingerprint density at radius 3 is 2.48 bits per heavy atom. The number of aromatic nitrogens is 3. The highest BCUT2D eigenvalue weighted by Crippen LogP contribution is 2.28. The van der Waals surface area contributed by atoms with Gasteiger partial charge in [0, 0.05) is 16.8 Å². The average Bonchev–Trinajstić information content (AvgIpc) is 3.08. The third-order valence-electron chi connectivity index (χ3n) is 4.52. The van der Waals surface area contributed by atoms with Gasteiger partial charge in [-0.25, -0.2) is 12.8 Å². The fraction of sp³-hybridized carbons (Fsp3) is 0.100. The zero-order valence-corrected chi connectivity index (χ0v) is 16.9. The Hall–Kier alpha value is -2.97. The van der Waals surface area contributed by atoms with Crippen LogP contribution in [0.5, 0.6) is 0 Å². The van der Waals surface area contributed by atoms with E-state index < -0.39 is 15.8 Å². The molecule has 0 saturated heterocycles. The fourth-order valence-electron chi connectivity index (χ4n) is 2.97. The number of halogens is 2. The monoisotopic (exact) mass is 430 g/mol. The molecule has 0 spiro atoms. The van der Waals surface area contributed by atoms with Gasteiger partial charge in [-0.1, -0.05) is 29.8 Å². The Kier molecular flexibility index (Phi) is 4.97. The summed E-state index contributed by atoms with van der Waals surface area (Å²) < 4.78 is 44.1. The molecule has 0 fully saturated rings. The van der Waals surface area contributed by atoms with E-state index in [1.54, 1.807) is 59.9 Å². The molecule has 29 heavy (non-hydrogen) atoms. The molecule has 4 aromatic rings. The van der Waals surface area contributed by atoms with E-state index in [-0.39, 0.29) is 17.0 Å². The topological polar surface area (TPSA) is 67.6 Å². The van der Waals surface area contributed by atoms with E-state index in [0.29, 0.717) is 22.2 Å². The number of rotatable bonds is 5. The lowest BCUT2D eigenvalue weighted by Crippen LogP contribution is -2.31. The van der Waals surface area contributed by atoms with Crippen molar-refractivity contribution in [2.24, 2.45) is 0 Å². The van der Waals surface area contributed by atoms with Crippen molar-refractivity contribution in [1.82, 2.24) is 14.6 Å². The summed E-state index contributed by atoms with van der Waals surface area (Å²) in [6.45, 7) is 1.56. The number of aryl methyl sites for hydroxylation is 1. The van der Waals surface area contributed by atoms with Crippen LogP contribution in [0.25, 0.3) is 5.65 Å². The molecule has 0 aliphatic heterocycles. The SMILES string of the molecule is Cc1nnc2ccc(S(=O)(=O)N(Cc3ccccc3F)c3ccc(Cl)cc3)cn12. The lowest BCUT2D eigenvalue weighted by Gasteiger charge is -2.25. The summed E-state index contributed by atoms with van der Waals surface area (Å²) in [5, 5.41) is 8.40. The zero-order valence-electron chi connectivity index (χ0n) is 15.3. The maximum absolute atomic E-state index is 14.3. The largest absolute Gasteiger partial charge is 0.285 e. The molecule has 4 rings (SSSR count). The van der Waals surface area contributed by atoms with Crippen molar-refractivity contribution in [3.05, 3.63) is 89.1 Å². The molecule has 0 aliphatic rings. The van der Waals surface area contributed by atoms with Crippen molar-refractivity contribution < 1.29 is 12.8 Å². The van der Waals surface area contributed by atoms with Crippen LogP contribution in [0.4, 0.5) is 10.1 Å². The Bertz CT molecular complexity index is 1290. The van der Waals surface area contributed by atoms with Gasteiger partial charge in [0.15, 0.2) is 5.65 Å². The van der Waals surface area contributed by atoms with Crippen molar-refractivity contribution in [2.75, 3.05) is 4.31 Å². The maximum atomic E-state index is 14.3. The second-order valence-electron chi connectivity index (χ2n) is 6.42. The van der Waals surface area contributed by atoms with Crippen LogP contribution in [0.3, 0.4) is 0 Å². The molecular weight excluding hydrogens is 415 g/mol. The lowest BCUT2D eigenvalue weighted by atomic mass is 10.2. The minimum Gasteiger partial charge on any atom is -0.285 e. The molecule has 0 amide bonds. The van der Waals surface area contributed by atoms with E-state index in [1.165, 1.54) is 18.3 Å². The molecule has 0 aliphatic carbocycles. The Balaban J connectivity index is 1.84. The molecule has 2 aromatic heterocycles. The van der Waals surface area contributed by atoms with Crippen molar-refractivity contribution >= 4 is 33.0 Å². The minimum atomic E-state index is -4.02. The van der Waals surface area contributed by atoms with Crippen LogP contribution in [0.15, 0.2) is 71.8 Å². The van der Waals surface area contributed by atoms with E-state index in [1.807, 2.05) is 0 Å². The van der Waals surface area contributed by atoms with Crippen LogP contribution in [0.2, 0.25) is 5.02 Å². The summed E-state index contributed by atoms with van der Waals surface area (Å²) in [5.74, 6) is 0.0796. The van der Waals surface area contributed by atoms with Crippen LogP contribution in [0.1, 0.15) is 11.4 Å². The standard InChI is InChI=1S/C20H16ClFN4O2S/c1-14-23-24-20-11-10-18(13-25(14)20)29(27,28)26(17-8-6-16(21)7-9-17)12-15-4-2-3-5-19(15)22/h2-11,13H,12H2,1H3. The highest BCUT2D eigenvalue weighted by Gasteiger charge is 2.27. The van der Waals surface area contributed by atoms with Gasteiger partial charge in [-0.05, 0) is 49.4 Å². The number of fused-ring (bicyclic) bond motifs is 1. The van der Waals surface area contributed by atoms with Crippen molar-refractivity contribution in [3.63, 3.8) is 0 Å². The second kappa shape index (κ2) is 7.46. The molecule has 0 bridgehead atoms. The van der Waals surface area contributed by atoms with E-state index in [0.717, 1.165) is 4.31 Å². The number of benzene rings is 2. The first kappa shape index (κ1) is 19.4. The van der Waals surface area contributed by atoms with Gasteiger partial charge >= 0.3 is 0 Å². The fourth-order valence-corrected chi connectivity index (χ4v) is 4.54. The van der Waals surface area contributed by atoms with E-state index in [9.17, 15) is 12.8 Å². The number of hydrogen-bond donors (Lipinski definition) is 0. The molecule has 0 radical (unpaired) electrons. The third-order valence-corrected chi connectivity index (χ3v) is 6.53. The van der Waals surface area contributed by atoms with Crippen LogP contribution in [-0.4, -0.2) is 23.0 Å². The zero-order chi connectivity index (χ0) is 20.6. The third kappa shape index (κ3) is 3.68. The number of sulfonamides is 1. The maximum Gasteiger partial charge on any atom is 0.266 e. The first-order chi connectivity index (χ1) is 13.9. The van der Waals surface area contributed by atoms with Gasteiger partial charge in [0.25, 0.3) is 10.0 Å². The van der Waals surface area contributed by atoms with Gasteiger partial charge in [-0.15, -0.1) is 10.2 Å². The van der Waals surface area contributed by atoms with Gasteiger partial charge in [0.1, 0.15) is 16.5 Å². The first-order valence-electron chi connectivity index (χ1n) is 8.69. The van der Waals surface area contributed by atoms with Crippen LogP contribution in [-0.2, 0) is 16.6 Å². The molecule has 9 heteroatoms. The van der Waals surface area contributed by atoms with Crippen LogP contribution >= 0.6 is 11.6 Å². The molecule has 0 N–H and O–H groups in total. The predicted molar refractivity (Wildman–Crippen MR) is 109 cm³/mol. The highest BCUT2D eigenvalue weighted by molar-refractivity contribution is 7.92. The lowest BCUT2D eigenvalue weighted by molar-refractivity contribution is 0.585. The number of anilines is 1. The molecule has 148 valence electrons. The minimum absolute atomic E-state index is 0.0409. The van der Waals surface area contributed by atoms with E-state index >= 15 is 0 Å². The molecule has 0 atom stereocenters. The smallest absolute Gasteiger partial charge is 0.266 e. The number of pyridine rings is 1. The number of hydrogen-bond acceptors (Lipinski definition) is 4. The van der Waals surface area contributed by atoms with Crippen LogP contribution < -0.4 is 4.31 Å². The molecule has 2 aromatic carbocycles. The van der Waals surface area contributed by atoms with Gasteiger partial charge in [0.2, 0.25) is 0 Å². The van der Waals surface area contributed by atoms with Crippen molar-refractivity contribution in [1.29, 1.82) is 0 Å². The van der Waals surface area contributed by atoms with Crippen LogP contribution in [0, 0.1) is 12.7 Å². The second-order valence-corrected chi connectivity index (χ2v) is 8.72. The molecular formula is C20H16ClFN4O2S.